The lowest BCUT2D eigenvalue weighted by Crippen LogP contribution is -2.26. The van der Waals surface area contributed by atoms with Gasteiger partial charge in [-0.2, -0.15) is 23.7 Å². The standard InChI is InChI=1S/C10H9ClN4S.C9H6F3N3O/c11-9-2-1-8(5-13-9)6-15-3-4-16-10(15)14-7-12;10-9(11,12)7-1-3-14-5-6(7)8(16)15-4-2-13/h1-2,5H,3-4,6H2;1,3,5H,4H2,(H,15,16)/b14-10-;. The van der Waals surface area contributed by atoms with Crippen molar-refractivity contribution in [1.29, 1.82) is 10.5 Å². The van der Waals surface area contributed by atoms with Crippen molar-refractivity contribution >= 4 is 34.4 Å². The van der Waals surface area contributed by atoms with Crippen LogP contribution in [0.25, 0.3) is 0 Å². The Hall–Kier alpha value is -3.35. The molecule has 1 saturated heterocycles. The van der Waals surface area contributed by atoms with Gasteiger partial charge in [-0.1, -0.05) is 29.4 Å². The molecule has 3 heterocycles. The van der Waals surface area contributed by atoms with Gasteiger partial charge in [0, 0.05) is 37.4 Å². The van der Waals surface area contributed by atoms with E-state index in [4.69, 9.17) is 22.1 Å². The van der Waals surface area contributed by atoms with Crippen molar-refractivity contribution in [2.45, 2.75) is 12.7 Å². The van der Waals surface area contributed by atoms with Crippen LogP contribution in [0.15, 0.2) is 41.8 Å². The van der Waals surface area contributed by atoms with Gasteiger partial charge in [-0.3, -0.25) is 9.78 Å². The van der Waals surface area contributed by atoms with Crippen molar-refractivity contribution < 1.29 is 18.0 Å². The number of nitrogens with zero attached hydrogens (tertiary/aromatic N) is 6. The first-order chi connectivity index (χ1) is 15.3. The number of hydrogen-bond donors (Lipinski definition) is 1. The molecule has 2 aromatic rings. The third-order valence-corrected chi connectivity index (χ3v) is 5.09. The maximum Gasteiger partial charge on any atom is 0.417 e. The highest BCUT2D eigenvalue weighted by molar-refractivity contribution is 8.14. The number of amidine groups is 1. The van der Waals surface area contributed by atoms with E-state index in [-0.39, 0.29) is 6.54 Å². The second kappa shape index (κ2) is 11.9. The van der Waals surface area contributed by atoms with Crippen LogP contribution in [0, 0.1) is 22.8 Å². The van der Waals surface area contributed by atoms with E-state index in [2.05, 4.69) is 19.9 Å². The molecule has 0 atom stereocenters. The van der Waals surface area contributed by atoms with E-state index >= 15 is 0 Å². The predicted molar refractivity (Wildman–Crippen MR) is 112 cm³/mol. The van der Waals surface area contributed by atoms with Gasteiger partial charge < -0.3 is 10.2 Å². The number of thioether (sulfide) groups is 1. The summed E-state index contributed by atoms with van der Waals surface area (Å²) in [5.41, 5.74) is -0.597. The topological polar surface area (TPSA) is 118 Å². The predicted octanol–water partition coefficient (Wildman–Crippen LogP) is 3.47. The zero-order chi connectivity index (χ0) is 23.6. The molecule has 8 nitrogen and oxygen atoms in total. The zero-order valence-corrected chi connectivity index (χ0v) is 17.9. The van der Waals surface area contributed by atoms with Gasteiger partial charge in [-0.25, -0.2) is 4.98 Å². The van der Waals surface area contributed by atoms with Gasteiger partial charge in [0.2, 0.25) is 6.19 Å². The minimum Gasteiger partial charge on any atom is -0.345 e. The Bertz CT molecular complexity index is 1050. The summed E-state index contributed by atoms with van der Waals surface area (Å²) in [5, 5.41) is 20.0. The van der Waals surface area contributed by atoms with Crippen LogP contribution in [0.4, 0.5) is 13.2 Å². The Morgan fingerprint density at radius 1 is 1.31 bits per heavy atom. The first kappa shape index (κ1) is 24.9. The number of alkyl halides is 3. The molecule has 0 spiro atoms. The number of carbonyl (C=O) groups excluding carboxylic acids is 1. The Labute approximate surface area is 190 Å². The lowest BCUT2D eigenvalue weighted by Gasteiger charge is -2.16. The van der Waals surface area contributed by atoms with E-state index < -0.39 is 23.2 Å². The number of carbonyl (C=O) groups is 1. The Balaban J connectivity index is 0.000000227. The van der Waals surface area contributed by atoms with Crippen LogP contribution < -0.4 is 5.32 Å². The Morgan fingerprint density at radius 2 is 2.09 bits per heavy atom. The van der Waals surface area contributed by atoms with Crippen LogP contribution in [-0.4, -0.2) is 44.8 Å². The molecule has 1 aliphatic heterocycles. The Morgan fingerprint density at radius 3 is 2.72 bits per heavy atom. The number of halogens is 4. The van der Waals surface area contributed by atoms with E-state index in [1.807, 2.05) is 17.6 Å². The fraction of sp³-hybridized carbons (Fsp3) is 0.263. The second-order valence-corrected chi connectivity index (χ2v) is 7.46. The number of rotatable bonds is 4. The molecule has 3 rings (SSSR count). The van der Waals surface area contributed by atoms with Crippen molar-refractivity contribution in [2.24, 2.45) is 4.99 Å². The highest BCUT2D eigenvalue weighted by atomic mass is 35.5. The maximum absolute atomic E-state index is 12.5. The molecule has 2 aromatic heterocycles. The van der Waals surface area contributed by atoms with Gasteiger partial charge in [0.05, 0.1) is 17.2 Å². The molecule has 166 valence electrons. The van der Waals surface area contributed by atoms with E-state index in [0.29, 0.717) is 11.2 Å². The first-order valence-electron chi connectivity index (χ1n) is 8.87. The lowest BCUT2D eigenvalue weighted by atomic mass is 10.1. The maximum atomic E-state index is 12.5. The fourth-order valence-corrected chi connectivity index (χ4v) is 3.53. The van der Waals surface area contributed by atoms with Gasteiger partial charge in [0.25, 0.3) is 5.91 Å². The molecule has 1 amide bonds. The molecule has 32 heavy (non-hydrogen) atoms. The molecule has 0 radical (unpaired) electrons. The summed E-state index contributed by atoms with van der Waals surface area (Å²) in [7, 11) is 0. The van der Waals surface area contributed by atoms with Crippen LogP contribution in [0.5, 0.6) is 0 Å². The molecule has 1 N–H and O–H groups in total. The molecule has 13 heteroatoms. The summed E-state index contributed by atoms with van der Waals surface area (Å²) in [6.07, 6.45) is 0.709. The van der Waals surface area contributed by atoms with Gasteiger partial charge >= 0.3 is 6.18 Å². The van der Waals surface area contributed by atoms with E-state index in [1.54, 1.807) is 30.1 Å². The van der Waals surface area contributed by atoms with Gasteiger partial charge in [0.15, 0.2) is 5.17 Å². The highest BCUT2D eigenvalue weighted by Gasteiger charge is 2.35. The lowest BCUT2D eigenvalue weighted by molar-refractivity contribution is -0.138. The Kier molecular flexibility index (Phi) is 9.25. The van der Waals surface area contributed by atoms with Crippen molar-refractivity contribution in [3.8, 4) is 12.3 Å². The van der Waals surface area contributed by atoms with E-state index in [9.17, 15) is 18.0 Å². The van der Waals surface area contributed by atoms with Crippen LogP contribution in [0.2, 0.25) is 5.15 Å². The molecular weight excluding hydrogens is 467 g/mol. The smallest absolute Gasteiger partial charge is 0.345 e. The van der Waals surface area contributed by atoms with Gasteiger partial charge in [-0.15, -0.1) is 4.99 Å². The van der Waals surface area contributed by atoms with Crippen LogP contribution in [-0.2, 0) is 12.7 Å². The minimum absolute atomic E-state index is 0.356. The summed E-state index contributed by atoms with van der Waals surface area (Å²) < 4.78 is 37.4. The van der Waals surface area contributed by atoms with Crippen molar-refractivity contribution in [1.82, 2.24) is 20.2 Å². The average Bonchev–Trinajstić information content (AvgIpc) is 3.20. The monoisotopic (exact) mass is 481 g/mol. The highest BCUT2D eigenvalue weighted by Crippen LogP contribution is 2.31. The number of hydrogen-bond acceptors (Lipinski definition) is 7. The molecule has 0 unspecified atom stereocenters. The largest absolute Gasteiger partial charge is 0.417 e. The molecule has 1 aliphatic rings. The van der Waals surface area contributed by atoms with Crippen molar-refractivity contribution in [3.05, 3.63) is 58.6 Å². The molecule has 0 aromatic carbocycles. The summed E-state index contributed by atoms with van der Waals surface area (Å²) in [4.78, 5) is 24.6. The number of pyridine rings is 2. The molecular formula is C19H15ClF3N7OS. The fourth-order valence-electron chi connectivity index (χ4n) is 2.48. The second-order valence-electron chi connectivity index (χ2n) is 6.01. The van der Waals surface area contributed by atoms with Crippen molar-refractivity contribution in [2.75, 3.05) is 18.8 Å². The average molecular weight is 482 g/mol. The van der Waals surface area contributed by atoms with Crippen LogP contribution in [0.3, 0.4) is 0 Å². The summed E-state index contributed by atoms with van der Waals surface area (Å²) in [6.45, 7) is 1.27. The van der Waals surface area contributed by atoms with Crippen LogP contribution in [0.1, 0.15) is 21.5 Å². The molecule has 0 saturated carbocycles. The number of amides is 1. The summed E-state index contributed by atoms with van der Waals surface area (Å²) in [5.74, 6) is 0.00335. The molecule has 0 bridgehead atoms. The summed E-state index contributed by atoms with van der Waals surface area (Å²) >= 11 is 7.32. The molecule has 1 fully saturated rings. The van der Waals surface area contributed by atoms with Gasteiger partial charge in [-0.05, 0) is 17.7 Å². The SMILES string of the molecule is N#C/N=C1\SCCN1Cc1ccc(Cl)nc1.N#CCNC(=O)c1cnccc1C(F)(F)F. The van der Waals surface area contributed by atoms with Crippen molar-refractivity contribution in [3.63, 3.8) is 0 Å². The molecule has 0 aliphatic carbocycles. The minimum atomic E-state index is -4.62. The summed E-state index contributed by atoms with van der Waals surface area (Å²) in [6, 6.07) is 6.00. The van der Waals surface area contributed by atoms with E-state index in [0.717, 1.165) is 42.0 Å². The zero-order valence-electron chi connectivity index (χ0n) is 16.3. The van der Waals surface area contributed by atoms with E-state index in [1.165, 1.54) is 0 Å². The van der Waals surface area contributed by atoms with Crippen LogP contribution >= 0.6 is 23.4 Å². The first-order valence-corrected chi connectivity index (χ1v) is 10.2. The normalized spacial score (nSPS) is 14.2. The number of nitrogens with one attached hydrogen (secondary N) is 1. The number of nitriles is 2. The third kappa shape index (κ3) is 7.41. The number of aliphatic imine (C=N–C) groups is 1. The quantitative estimate of drug-likeness (QED) is 0.403. The number of aromatic nitrogens is 2. The third-order valence-electron chi connectivity index (χ3n) is 3.87. The van der Waals surface area contributed by atoms with Gasteiger partial charge in [0.1, 0.15) is 11.7 Å².